The molecule has 0 radical (unpaired) electrons. The molecule has 1 amide bonds. The van der Waals surface area contributed by atoms with Gasteiger partial charge in [-0.2, -0.15) is 0 Å². The number of halogens is 1. The van der Waals surface area contributed by atoms with E-state index in [4.69, 9.17) is 9.47 Å². The van der Waals surface area contributed by atoms with E-state index in [9.17, 15) is 14.3 Å². The Bertz CT molecular complexity index is 1010. The van der Waals surface area contributed by atoms with E-state index in [-0.39, 0.29) is 30.5 Å². The standard InChI is InChI=1S/C25H26FNO4/c26-19-8-6-18(7-9-19)24-20-3-1-2-12-25(20,29)13-14-27(24)23(28)11-5-17-4-10-21-22(15-17)31-16-30-21/h4-11,15,20,24,29H,1-3,12-14,16H2/b11-5+/t20-,24-,25+/m1/s1. The van der Waals surface area contributed by atoms with Gasteiger partial charge < -0.3 is 19.5 Å². The zero-order valence-electron chi connectivity index (χ0n) is 17.3. The van der Waals surface area contributed by atoms with Crippen LogP contribution in [-0.4, -0.2) is 34.9 Å². The molecule has 0 unspecified atom stereocenters. The second-order valence-electron chi connectivity index (χ2n) is 8.68. The Labute approximate surface area is 181 Å². The van der Waals surface area contributed by atoms with Crippen molar-refractivity contribution in [1.82, 2.24) is 4.90 Å². The van der Waals surface area contributed by atoms with Gasteiger partial charge in [-0.1, -0.05) is 31.0 Å². The molecular formula is C25H26FNO4. The Morgan fingerprint density at radius 1 is 1.10 bits per heavy atom. The van der Waals surface area contributed by atoms with Gasteiger partial charge in [0.1, 0.15) is 5.82 Å². The van der Waals surface area contributed by atoms with Crippen LogP contribution in [0.5, 0.6) is 11.5 Å². The molecule has 2 fully saturated rings. The molecule has 0 aromatic heterocycles. The highest BCUT2D eigenvalue weighted by Gasteiger charge is 2.49. The highest BCUT2D eigenvalue weighted by molar-refractivity contribution is 5.92. The lowest BCUT2D eigenvalue weighted by molar-refractivity contribution is -0.150. The van der Waals surface area contributed by atoms with Crippen LogP contribution in [0.3, 0.4) is 0 Å². The van der Waals surface area contributed by atoms with Gasteiger partial charge in [-0.15, -0.1) is 0 Å². The number of amides is 1. The third-order valence-corrected chi connectivity index (χ3v) is 6.88. The van der Waals surface area contributed by atoms with Crippen molar-refractivity contribution in [2.24, 2.45) is 5.92 Å². The van der Waals surface area contributed by atoms with Crippen LogP contribution in [0.25, 0.3) is 6.08 Å². The van der Waals surface area contributed by atoms with E-state index >= 15 is 0 Å². The maximum atomic E-state index is 13.6. The van der Waals surface area contributed by atoms with Crippen LogP contribution in [0.4, 0.5) is 4.39 Å². The summed E-state index contributed by atoms with van der Waals surface area (Å²) in [6.07, 6.45) is 7.55. The van der Waals surface area contributed by atoms with Gasteiger partial charge in [0, 0.05) is 18.5 Å². The molecule has 0 spiro atoms. The number of fused-ring (bicyclic) bond motifs is 2. The van der Waals surface area contributed by atoms with Crippen molar-refractivity contribution in [3.63, 3.8) is 0 Å². The maximum Gasteiger partial charge on any atom is 0.247 e. The lowest BCUT2D eigenvalue weighted by atomic mass is 9.66. The van der Waals surface area contributed by atoms with Gasteiger partial charge in [0.2, 0.25) is 12.7 Å². The molecule has 31 heavy (non-hydrogen) atoms. The van der Waals surface area contributed by atoms with Crippen molar-refractivity contribution in [3.05, 3.63) is 65.5 Å². The van der Waals surface area contributed by atoms with Gasteiger partial charge in [0.25, 0.3) is 0 Å². The van der Waals surface area contributed by atoms with Gasteiger partial charge >= 0.3 is 0 Å². The van der Waals surface area contributed by atoms with E-state index in [1.54, 1.807) is 24.3 Å². The molecule has 3 aliphatic rings. The largest absolute Gasteiger partial charge is 0.454 e. The van der Waals surface area contributed by atoms with Crippen molar-refractivity contribution in [1.29, 1.82) is 0 Å². The molecule has 1 N–H and O–H groups in total. The number of carbonyl (C=O) groups excluding carboxylic acids is 1. The van der Waals surface area contributed by atoms with Crippen molar-refractivity contribution < 1.29 is 23.8 Å². The summed E-state index contributed by atoms with van der Waals surface area (Å²) in [7, 11) is 0. The Morgan fingerprint density at radius 2 is 1.90 bits per heavy atom. The van der Waals surface area contributed by atoms with Crippen molar-refractivity contribution in [2.45, 2.75) is 43.7 Å². The molecule has 6 heteroatoms. The van der Waals surface area contributed by atoms with E-state index in [0.29, 0.717) is 24.5 Å². The average molecular weight is 423 g/mol. The third-order valence-electron chi connectivity index (χ3n) is 6.88. The Balaban J connectivity index is 1.43. The Hall–Kier alpha value is -2.86. The minimum atomic E-state index is -0.769. The molecular weight excluding hydrogens is 397 g/mol. The monoisotopic (exact) mass is 423 g/mol. The zero-order chi connectivity index (χ0) is 21.4. The fraction of sp³-hybridized carbons (Fsp3) is 0.400. The fourth-order valence-electron chi connectivity index (χ4n) is 5.28. The van der Waals surface area contributed by atoms with Gasteiger partial charge in [0.05, 0.1) is 11.6 Å². The van der Waals surface area contributed by atoms with Crippen LogP contribution in [0, 0.1) is 11.7 Å². The lowest BCUT2D eigenvalue weighted by Crippen LogP contribution is -2.56. The first-order valence-electron chi connectivity index (χ1n) is 10.9. The van der Waals surface area contributed by atoms with Crippen LogP contribution in [-0.2, 0) is 4.79 Å². The average Bonchev–Trinajstić information content (AvgIpc) is 3.25. The summed E-state index contributed by atoms with van der Waals surface area (Å²) < 4.78 is 24.3. The summed E-state index contributed by atoms with van der Waals surface area (Å²) in [5.41, 5.74) is 0.952. The summed E-state index contributed by atoms with van der Waals surface area (Å²) in [5.74, 6) is 0.901. The second-order valence-corrected chi connectivity index (χ2v) is 8.68. The Kier molecular flexibility index (Phi) is 5.18. The number of likely N-dealkylation sites (tertiary alicyclic amines) is 1. The predicted molar refractivity (Wildman–Crippen MR) is 114 cm³/mol. The van der Waals surface area contributed by atoms with Crippen LogP contribution < -0.4 is 9.47 Å². The Morgan fingerprint density at radius 3 is 2.74 bits per heavy atom. The number of piperidine rings is 1. The second kappa shape index (κ2) is 8.00. The normalized spacial score (nSPS) is 27.4. The van der Waals surface area contributed by atoms with Crippen LogP contribution in [0.1, 0.15) is 49.3 Å². The molecule has 3 atom stereocenters. The van der Waals surface area contributed by atoms with Crippen molar-refractivity contribution >= 4 is 12.0 Å². The first kappa shape index (κ1) is 20.1. The molecule has 5 nitrogen and oxygen atoms in total. The highest BCUT2D eigenvalue weighted by atomic mass is 19.1. The predicted octanol–water partition coefficient (Wildman–Crippen LogP) is 4.46. The number of rotatable bonds is 3. The first-order chi connectivity index (χ1) is 15.0. The van der Waals surface area contributed by atoms with E-state index in [0.717, 1.165) is 36.8 Å². The molecule has 2 aromatic carbocycles. The van der Waals surface area contributed by atoms with E-state index in [1.807, 2.05) is 23.1 Å². The fourth-order valence-corrected chi connectivity index (χ4v) is 5.28. The zero-order valence-corrected chi connectivity index (χ0v) is 17.3. The lowest BCUT2D eigenvalue weighted by Gasteiger charge is -2.52. The summed E-state index contributed by atoms with van der Waals surface area (Å²) >= 11 is 0. The minimum Gasteiger partial charge on any atom is -0.454 e. The molecule has 0 bridgehead atoms. The highest BCUT2D eigenvalue weighted by Crippen LogP contribution is 2.49. The molecule has 162 valence electrons. The van der Waals surface area contributed by atoms with Crippen LogP contribution in [0.2, 0.25) is 0 Å². The topological polar surface area (TPSA) is 59.0 Å². The molecule has 5 rings (SSSR count). The number of nitrogens with zero attached hydrogens (tertiary/aromatic N) is 1. The van der Waals surface area contributed by atoms with E-state index in [2.05, 4.69) is 0 Å². The van der Waals surface area contributed by atoms with Crippen molar-refractivity contribution in [3.8, 4) is 11.5 Å². The van der Waals surface area contributed by atoms with Crippen LogP contribution >= 0.6 is 0 Å². The SMILES string of the molecule is O=C(/C=C/c1ccc2c(c1)OCO2)N1CC[C@@]2(O)CCCC[C@@H]2[C@H]1c1ccc(F)cc1. The van der Waals surface area contributed by atoms with Gasteiger partial charge in [-0.05, 0) is 60.7 Å². The smallest absolute Gasteiger partial charge is 0.247 e. The summed E-state index contributed by atoms with van der Waals surface area (Å²) in [5, 5.41) is 11.3. The summed E-state index contributed by atoms with van der Waals surface area (Å²) in [4.78, 5) is 15.1. The number of carbonyl (C=O) groups is 1. The number of benzene rings is 2. The van der Waals surface area contributed by atoms with Crippen molar-refractivity contribution in [2.75, 3.05) is 13.3 Å². The van der Waals surface area contributed by atoms with Gasteiger partial charge in [-0.25, -0.2) is 4.39 Å². The number of ether oxygens (including phenoxy) is 2. The first-order valence-corrected chi connectivity index (χ1v) is 10.9. The molecule has 2 aromatic rings. The van der Waals surface area contributed by atoms with Gasteiger partial charge in [-0.3, -0.25) is 4.79 Å². The summed E-state index contributed by atoms with van der Waals surface area (Å²) in [6.45, 7) is 0.679. The van der Waals surface area contributed by atoms with E-state index < -0.39 is 5.60 Å². The molecule has 2 heterocycles. The van der Waals surface area contributed by atoms with Crippen LogP contribution in [0.15, 0.2) is 48.5 Å². The van der Waals surface area contributed by atoms with E-state index in [1.165, 1.54) is 12.1 Å². The van der Waals surface area contributed by atoms with Gasteiger partial charge in [0.15, 0.2) is 11.5 Å². The molecule has 1 aliphatic carbocycles. The minimum absolute atomic E-state index is 0.0524. The molecule has 2 aliphatic heterocycles. The maximum absolute atomic E-state index is 13.6. The third kappa shape index (κ3) is 3.81. The number of hydrogen-bond donors (Lipinski definition) is 1. The quantitative estimate of drug-likeness (QED) is 0.741. The number of aliphatic hydroxyl groups is 1. The number of hydrogen-bond acceptors (Lipinski definition) is 4. The molecule has 1 saturated carbocycles. The summed E-state index contributed by atoms with van der Waals surface area (Å²) in [6, 6.07) is 11.6. The molecule has 1 saturated heterocycles.